The van der Waals surface area contributed by atoms with Crippen molar-refractivity contribution < 1.29 is 13.2 Å². The van der Waals surface area contributed by atoms with Gasteiger partial charge in [0, 0.05) is 31.4 Å². The fourth-order valence-electron chi connectivity index (χ4n) is 3.05. The van der Waals surface area contributed by atoms with Crippen LogP contribution in [0.3, 0.4) is 0 Å². The number of nitrogens with zero attached hydrogens (tertiary/aromatic N) is 4. The first-order valence-corrected chi connectivity index (χ1v) is 10.2. The van der Waals surface area contributed by atoms with Gasteiger partial charge in [0.05, 0.1) is 11.5 Å². The predicted octanol–water partition coefficient (Wildman–Crippen LogP) is 1.28. The van der Waals surface area contributed by atoms with Crippen LogP contribution in [0.2, 0.25) is 0 Å². The van der Waals surface area contributed by atoms with Crippen molar-refractivity contribution >= 4 is 21.7 Å². The van der Waals surface area contributed by atoms with Crippen molar-refractivity contribution in [2.75, 3.05) is 36.0 Å². The Labute approximate surface area is 144 Å². The molecule has 0 bridgehead atoms. The number of amides is 1. The summed E-state index contributed by atoms with van der Waals surface area (Å²) in [6.45, 7) is 9.70. The lowest BCUT2D eigenvalue weighted by molar-refractivity contribution is 0.0702. The third-order valence-electron chi connectivity index (χ3n) is 4.36. The van der Waals surface area contributed by atoms with E-state index >= 15 is 0 Å². The van der Waals surface area contributed by atoms with E-state index in [2.05, 4.69) is 9.97 Å². The van der Waals surface area contributed by atoms with Crippen LogP contribution >= 0.6 is 0 Å². The van der Waals surface area contributed by atoms with Crippen molar-refractivity contribution in [3.63, 3.8) is 0 Å². The second-order valence-electron chi connectivity index (χ2n) is 6.01. The van der Waals surface area contributed by atoms with E-state index in [-0.39, 0.29) is 23.5 Å². The van der Waals surface area contributed by atoms with Gasteiger partial charge in [0.2, 0.25) is 5.95 Å². The highest BCUT2D eigenvalue weighted by Gasteiger charge is 2.34. The molecule has 0 aromatic carbocycles. The fourth-order valence-corrected chi connectivity index (χ4v) is 4.78. The van der Waals surface area contributed by atoms with E-state index in [1.165, 1.54) is 0 Å². The summed E-state index contributed by atoms with van der Waals surface area (Å²) >= 11 is 0. The zero-order chi connectivity index (χ0) is 17.9. The van der Waals surface area contributed by atoms with Gasteiger partial charge in [-0.05, 0) is 40.2 Å². The van der Waals surface area contributed by atoms with Gasteiger partial charge < -0.3 is 9.80 Å². The quantitative estimate of drug-likeness (QED) is 0.765. The molecule has 134 valence electrons. The van der Waals surface area contributed by atoms with E-state index in [1.807, 2.05) is 32.6 Å². The molecule has 0 aliphatic carbocycles. The lowest BCUT2D eigenvalue weighted by atomic mass is 10.2. The summed E-state index contributed by atoms with van der Waals surface area (Å²) < 4.78 is 23.5. The Hall–Kier alpha value is -1.70. The Bertz CT molecular complexity index is 701. The molecule has 1 aliphatic heterocycles. The number of carbonyl (C=O) groups is 1. The smallest absolute Gasteiger partial charge is 0.272 e. The van der Waals surface area contributed by atoms with E-state index in [4.69, 9.17) is 0 Å². The first kappa shape index (κ1) is 18.6. The van der Waals surface area contributed by atoms with Gasteiger partial charge >= 0.3 is 0 Å². The summed E-state index contributed by atoms with van der Waals surface area (Å²) in [5.41, 5.74) is 1.06. The number of anilines is 1. The van der Waals surface area contributed by atoms with E-state index in [9.17, 15) is 13.2 Å². The maximum atomic E-state index is 12.9. The van der Waals surface area contributed by atoms with Crippen molar-refractivity contribution in [1.29, 1.82) is 0 Å². The van der Waals surface area contributed by atoms with Crippen LogP contribution in [0.4, 0.5) is 5.95 Å². The first-order chi connectivity index (χ1) is 11.3. The SMILES string of the molecule is CCN(CC)c1nc(C)cc(C(=O)N(CC)C2CCS(=O)(=O)C2)n1. The molecule has 1 saturated heterocycles. The molecule has 1 amide bonds. The average Bonchev–Trinajstić information content (AvgIpc) is 2.88. The molecular weight excluding hydrogens is 328 g/mol. The van der Waals surface area contributed by atoms with Crippen LogP contribution in [0.5, 0.6) is 0 Å². The number of carbonyl (C=O) groups excluding carboxylic acids is 1. The summed E-state index contributed by atoms with van der Waals surface area (Å²) in [4.78, 5) is 25.3. The molecule has 0 saturated carbocycles. The molecule has 1 atom stereocenters. The Morgan fingerprint density at radius 3 is 2.38 bits per heavy atom. The fraction of sp³-hybridized carbons (Fsp3) is 0.688. The Balaban J connectivity index is 2.30. The van der Waals surface area contributed by atoms with Crippen LogP contribution in [0.25, 0.3) is 0 Å². The molecular formula is C16H26N4O3S. The monoisotopic (exact) mass is 354 g/mol. The van der Waals surface area contributed by atoms with Crippen molar-refractivity contribution in [1.82, 2.24) is 14.9 Å². The van der Waals surface area contributed by atoms with Crippen LogP contribution in [-0.2, 0) is 9.84 Å². The van der Waals surface area contributed by atoms with Gasteiger partial charge in [-0.25, -0.2) is 18.4 Å². The largest absolute Gasteiger partial charge is 0.341 e. The Morgan fingerprint density at radius 1 is 1.21 bits per heavy atom. The Morgan fingerprint density at radius 2 is 1.88 bits per heavy atom. The van der Waals surface area contributed by atoms with Gasteiger partial charge in [0.15, 0.2) is 9.84 Å². The molecule has 7 nitrogen and oxygen atoms in total. The van der Waals surface area contributed by atoms with Crippen LogP contribution in [0.15, 0.2) is 6.07 Å². The lowest BCUT2D eigenvalue weighted by Crippen LogP contribution is -2.41. The topological polar surface area (TPSA) is 83.5 Å². The van der Waals surface area contributed by atoms with E-state index in [0.717, 1.165) is 18.8 Å². The molecule has 2 heterocycles. The number of aromatic nitrogens is 2. The third kappa shape index (κ3) is 4.03. The summed E-state index contributed by atoms with van der Waals surface area (Å²) in [5, 5.41) is 0. The van der Waals surface area contributed by atoms with Crippen LogP contribution < -0.4 is 4.90 Å². The average molecular weight is 354 g/mol. The maximum absolute atomic E-state index is 12.9. The van der Waals surface area contributed by atoms with Crippen LogP contribution in [-0.4, -0.2) is 66.4 Å². The molecule has 1 unspecified atom stereocenters. The predicted molar refractivity (Wildman–Crippen MR) is 94.1 cm³/mol. The van der Waals surface area contributed by atoms with Crippen molar-refractivity contribution in [2.24, 2.45) is 0 Å². The molecule has 1 fully saturated rings. The molecule has 1 aliphatic rings. The van der Waals surface area contributed by atoms with E-state index in [1.54, 1.807) is 11.0 Å². The molecule has 24 heavy (non-hydrogen) atoms. The zero-order valence-electron chi connectivity index (χ0n) is 14.8. The summed E-state index contributed by atoms with van der Waals surface area (Å²) in [5.74, 6) is 0.506. The highest BCUT2D eigenvalue weighted by molar-refractivity contribution is 7.91. The number of rotatable bonds is 6. The van der Waals surface area contributed by atoms with Gasteiger partial charge in [-0.15, -0.1) is 0 Å². The first-order valence-electron chi connectivity index (χ1n) is 8.43. The van der Waals surface area contributed by atoms with Gasteiger partial charge in [-0.1, -0.05) is 0 Å². The van der Waals surface area contributed by atoms with E-state index in [0.29, 0.717) is 24.6 Å². The van der Waals surface area contributed by atoms with Crippen molar-refractivity contribution in [2.45, 2.75) is 40.2 Å². The minimum Gasteiger partial charge on any atom is -0.341 e. The van der Waals surface area contributed by atoms with Gasteiger partial charge in [-0.2, -0.15) is 0 Å². The Kier molecular flexibility index (Phi) is 5.79. The molecule has 2 rings (SSSR count). The summed E-state index contributed by atoms with van der Waals surface area (Å²) in [6.07, 6.45) is 0.495. The third-order valence-corrected chi connectivity index (χ3v) is 6.11. The van der Waals surface area contributed by atoms with E-state index < -0.39 is 9.84 Å². The summed E-state index contributed by atoms with van der Waals surface area (Å²) in [7, 11) is -3.04. The second kappa shape index (κ2) is 7.46. The molecule has 1 aromatic rings. The highest BCUT2D eigenvalue weighted by atomic mass is 32.2. The molecule has 8 heteroatoms. The zero-order valence-corrected chi connectivity index (χ0v) is 15.6. The standard InChI is InChI=1S/C16H26N4O3S/c1-5-19(6-2)16-17-12(4)10-14(18-16)15(21)20(7-3)13-8-9-24(22,23)11-13/h10,13H,5-9,11H2,1-4H3. The molecule has 1 aromatic heterocycles. The lowest BCUT2D eigenvalue weighted by Gasteiger charge is -2.27. The molecule has 0 N–H and O–H groups in total. The van der Waals surface area contributed by atoms with Crippen LogP contribution in [0, 0.1) is 6.92 Å². The van der Waals surface area contributed by atoms with Gasteiger partial charge in [0.1, 0.15) is 5.69 Å². The van der Waals surface area contributed by atoms with Gasteiger partial charge in [-0.3, -0.25) is 4.79 Å². The molecule has 0 spiro atoms. The molecule has 0 radical (unpaired) electrons. The maximum Gasteiger partial charge on any atom is 0.272 e. The van der Waals surface area contributed by atoms with Crippen molar-refractivity contribution in [3.05, 3.63) is 17.5 Å². The number of hydrogen-bond acceptors (Lipinski definition) is 6. The van der Waals surface area contributed by atoms with Gasteiger partial charge in [0.25, 0.3) is 5.91 Å². The van der Waals surface area contributed by atoms with Crippen LogP contribution in [0.1, 0.15) is 43.4 Å². The second-order valence-corrected chi connectivity index (χ2v) is 8.24. The number of sulfone groups is 1. The highest BCUT2D eigenvalue weighted by Crippen LogP contribution is 2.20. The minimum absolute atomic E-state index is 0.0412. The normalized spacial score (nSPS) is 19.2. The number of aryl methyl sites for hydroxylation is 1. The summed E-state index contributed by atoms with van der Waals surface area (Å²) in [6, 6.07) is 1.40. The van der Waals surface area contributed by atoms with Crippen molar-refractivity contribution in [3.8, 4) is 0 Å². The number of hydrogen-bond donors (Lipinski definition) is 0. The minimum atomic E-state index is -3.04.